The molecule has 0 fully saturated rings. The van der Waals surface area contributed by atoms with E-state index in [0.29, 0.717) is 0 Å². The van der Waals surface area contributed by atoms with Crippen molar-refractivity contribution < 1.29 is 15.1 Å². The summed E-state index contributed by atoms with van der Waals surface area (Å²) in [4.78, 5) is 0. The van der Waals surface area contributed by atoms with Gasteiger partial charge in [0.2, 0.25) is 0 Å². The van der Waals surface area contributed by atoms with Gasteiger partial charge in [-0.15, -0.1) is 0 Å². The van der Waals surface area contributed by atoms with E-state index in [1.165, 1.54) is 0 Å². The van der Waals surface area contributed by atoms with Crippen molar-refractivity contribution in [2.24, 2.45) is 0 Å². The molecule has 0 heterocycles. The fraction of sp³-hybridized carbons (Fsp3) is 0. The predicted octanol–water partition coefficient (Wildman–Crippen LogP) is -1.94. The fourth-order valence-electron chi connectivity index (χ4n) is 0. The molecule has 0 aliphatic carbocycles. The summed E-state index contributed by atoms with van der Waals surface area (Å²) in [6, 6.07) is 0. The van der Waals surface area contributed by atoms with Crippen LogP contribution in [-0.2, 0) is 0 Å². The van der Waals surface area contributed by atoms with Crippen LogP contribution < -0.4 is 0 Å². The SMILES string of the molecule is OB(O)O.P.P. The molecular weight excluding hydrogens is 121 g/mol. The minimum Gasteiger partial charge on any atom is -0.402 e. The maximum absolute atomic E-state index is 7.17. The Morgan fingerprint density at radius 3 is 0.833 bits per heavy atom. The van der Waals surface area contributed by atoms with Crippen molar-refractivity contribution in [1.82, 2.24) is 0 Å². The van der Waals surface area contributed by atoms with Crippen LogP contribution in [0.2, 0.25) is 0 Å². The molecule has 0 saturated heterocycles. The van der Waals surface area contributed by atoms with Crippen LogP contribution in [0.25, 0.3) is 0 Å². The molecule has 0 radical (unpaired) electrons. The van der Waals surface area contributed by atoms with Gasteiger partial charge in [0, 0.05) is 0 Å². The van der Waals surface area contributed by atoms with Crippen molar-refractivity contribution in [2.75, 3.05) is 0 Å². The Hall–Kier alpha value is 0.805. The lowest BCUT2D eigenvalue weighted by Gasteiger charge is -1.69. The molecule has 40 valence electrons. The highest BCUT2D eigenvalue weighted by Gasteiger charge is 1.92. The van der Waals surface area contributed by atoms with Crippen LogP contribution in [0.5, 0.6) is 0 Å². The predicted molar refractivity (Wildman–Crippen MR) is 34.6 cm³/mol. The van der Waals surface area contributed by atoms with E-state index >= 15 is 0 Å². The normalized spacial score (nSPS) is 4.50. The van der Waals surface area contributed by atoms with E-state index in [1.54, 1.807) is 0 Å². The second-order valence-corrected chi connectivity index (χ2v) is 0.346. The smallest absolute Gasteiger partial charge is 0.402 e. The molecule has 0 aromatic rings. The molecule has 2 atom stereocenters. The van der Waals surface area contributed by atoms with Crippen molar-refractivity contribution >= 4 is 27.1 Å². The minimum atomic E-state index is -2.17. The van der Waals surface area contributed by atoms with E-state index in [9.17, 15) is 0 Å². The van der Waals surface area contributed by atoms with Crippen LogP contribution in [0.4, 0.5) is 0 Å². The van der Waals surface area contributed by atoms with Gasteiger partial charge < -0.3 is 15.1 Å². The summed E-state index contributed by atoms with van der Waals surface area (Å²) in [5, 5.41) is 21.5. The molecule has 3 nitrogen and oxygen atoms in total. The topological polar surface area (TPSA) is 60.7 Å². The summed E-state index contributed by atoms with van der Waals surface area (Å²) in [5.41, 5.74) is 0. The number of hydrogen-bond acceptors (Lipinski definition) is 3. The summed E-state index contributed by atoms with van der Waals surface area (Å²) in [6.45, 7) is 0. The molecule has 0 saturated carbocycles. The van der Waals surface area contributed by atoms with Crippen LogP contribution >= 0.6 is 19.8 Å². The molecule has 6 heteroatoms. The highest BCUT2D eigenvalue weighted by atomic mass is 31.0. The van der Waals surface area contributed by atoms with Crippen molar-refractivity contribution in [3.63, 3.8) is 0 Å². The molecule has 0 aliphatic rings. The first-order valence-electron chi connectivity index (χ1n) is 0.775. The van der Waals surface area contributed by atoms with Gasteiger partial charge in [0.05, 0.1) is 0 Å². The number of rotatable bonds is 0. The molecule has 0 aromatic heterocycles. The van der Waals surface area contributed by atoms with E-state index in [2.05, 4.69) is 0 Å². The molecule has 0 rings (SSSR count). The Morgan fingerprint density at radius 1 is 0.833 bits per heavy atom. The summed E-state index contributed by atoms with van der Waals surface area (Å²) in [7, 11) is -2.17. The molecular formula is H9BO3P2. The van der Waals surface area contributed by atoms with E-state index < -0.39 is 7.32 Å². The van der Waals surface area contributed by atoms with E-state index in [0.717, 1.165) is 0 Å². The molecule has 3 N–H and O–H groups in total. The van der Waals surface area contributed by atoms with Gasteiger partial charge in [-0.3, -0.25) is 0 Å². The molecule has 0 spiro atoms. The maximum Gasteiger partial charge on any atom is 0.631 e. The summed E-state index contributed by atoms with van der Waals surface area (Å²) >= 11 is 0. The first-order chi connectivity index (χ1) is 1.73. The summed E-state index contributed by atoms with van der Waals surface area (Å²) in [5.74, 6) is 0. The van der Waals surface area contributed by atoms with Crippen LogP contribution in [0.3, 0.4) is 0 Å². The molecule has 0 aliphatic heterocycles. The van der Waals surface area contributed by atoms with Gasteiger partial charge >= 0.3 is 7.32 Å². The largest absolute Gasteiger partial charge is 0.631 e. The molecule has 2 unspecified atom stereocenters. The average Bonchev–Trinajstić information content (AvgIpc) is 0.811. The van der Waals surface area contributed by atoms with Crippen LogP contribution in [0.15, 0.2) is 0 Å². The first kappa shape index (κ1) is 15.8. The second kappa shape index (κ2) is 9.26. The fourth-order valence-corrected chi connectivity index (χ4v) is 0. The van der Waals surface area contributed by atoms with Gasteiger partial charge in [0.1, 0.15) is 0 Å². The third-order valence-electron chi connectivity index (χ3n) is 0. The summed E-state index contributed by atoms with van der Waals surface area (Å²) < 4.78 is 0. The lowest BCUT2D eigenvalue weighted by molar-refractivity contribution is 0.278. The van der Waals surface area contributed by atoms with E-state index in [1.807, 2.05) is 0 Å². The molecule has 0 amide bonds. The third-order valence-corrected chi connectivity index (χ3v) is 0. The minimum absolute atomic E-state index is 0. The first-order valence-corrected chi connectivity index (χ1v) is 0.775. The zero-order valence-corrected chi connectivity index (χ0v) is 6.16. The average molecular weight is 130 g/mol. The highest BCUT2D eigenvalue weighted by Crippen LogP contribution is 1.40. The Labute approximate surface area is 43.2 Å². The standard InChI is InChI=1S/BH3O3.2H3P/c2-1(3)4;;/h2-4H;2*1H3. The van der Waals surface area contributed by atoms with Crippen LogP contribution in [-0.4, -0.2) is 22.4 Å². The van der Waals surface area contributed by atoms with E-state index in [4.69, 9.17) is 15.1 Å². The van der Waals surface area contributed by atoms with Crippen LogP contribution in [0, 0.1) is 0 Å². The van der Waals surface area contributed by atoms with Gasteiger partial charge in [0.25, 0.3) is 0 Å². The lowest BCUT2D eigenvalue weighted by Crippen LogP contribution is -2.07. The Morgan fingerprint density at radius 2 is 0.833 bits per heavy atom. The lowest BCUT2D eigenvalue weighted by atomic mass is 10.3. The zero-order valence-electron chi connectivity index (χ0n) is 3.33. The quantitative estimate of drug-likeness (QED) is 0.264. The van der Waals surface area contributed by atoms with Gasteiger partial charge in [0.15, 0.2) is 0 Å². The molecule has 0 aromatic carbocycles. The second-order valence-electron chi connectivity index (χ2n) is 0.346. The van der Waals surface area contributed by atoms with Crippen LogP contribution in [0.1, 0.15) is 0 Å². The van der Waals surface area contributed by atoms with Crippen molar-refractivity contribution in [3.8, 4) is 0 Å². The number of hydrogen-bond donors (Lipinski definition) is 3. The van der Waals surface area contributed by atoms with E-state index in [-0.39, 0.29) is 19.8 Å². The monoisotopic (exact) mass is 130 g/mol. The molecule has 6 heavy (non-hydrogen) atoms. The zero-order chi connectivity index (χ0) is 3.58. The van der Waals surface area contributed by atoms with Gasteiger partial charge in [-0.2, -0.15) is 19.8 Å². The maximum atomic E-state index is 7.17. The Balaban J connectivity index is -0.0000000450. The van der Waals surface area contributed by atoms with Gasteiger partial charge in [-0.05, 0) is 0 Å². The van der Waals surface area contributed by atoms with Crippen molar-refractivity contribution in [1.29, 1.82) is 0 Å². The van der Waals surface area contributed by atoms with Crippen molar-refractivity contribution in [3.05, 3.63) is 0 Å². The molecule has 0 bridgehead atoms. The summed E-state index contributed by atoms with van der Waals surface area (Å²) in [6.07, 6.45) is 0. The Bertz CT molecular complexity index is 13.5. The third kappa shape index (κ3) is 107. The van der Waals surface area contributed by atoms with Crippen molar-refractivity contribution in [2.45, 2.75) is 0 Å². The highest BCUT2D eigenvalue weighted by molar-refractivity contribution is 6.92. The Kier molecular flexibility index (Phi) is 24.4. The van der Waals surface area contributed by atoms with Gasteiger partial charge in [-0.25, -0.2) is 0 Å². The van der Waals surface area contributed by atoms with Gasteiger partial charge in [-0.1, -0.05) is 0 Å².